The molecule has 15 heavy (non-hydrogen) atoms. The summed E-state index contributed by atoms with van der Waals surface area (Å²) < 4.78 is 5.30. The first-order valence-electron chi connectivity index (χ1n) is 6.60. The summed E-state index contributed by atoms with van der Waals surface area (Å²) in [5, 5.41) is 3.85. The molecule has 2 nitrogen and oxygen atoms in total. The molecular formula is C13H25NO. The predicted molar refractivity (Wildman–Crippen MR) is 62.9 cm³/mol. The van der Waals surface area contributed by atoms with Crippen LogP contribution in [0, 0.1) is 11.8 Å². The minimum Gasteiger partial charge on any atom is -0.383 e. The van der Waals surface area contributed by atoms with E-state index in [-0.39, 0.29) is 0 Å². The van der Waals surface area contributed by atoms with Crippen LogP contribution in [-0.2, 0) is 4.74 Å². The number of hydrogen-bond donors (Lipinski definition) is 1. The summed E-state index contributed by atoms with van der Waals surface area (Å²) in [6, 6.07) is 1.41. The van der Waals surface area contributed by atoms with Crippen molar-refractivity contribution >= 4 is 0 Å². The van der Waals surface area contributed by atoms with Crippen molar-refractivity contribution in [2.45, 2.75) is 57.5 Å². The molecule has 2 aliphatic carbocycles. The lowest BCUT2D eigenvalue weighted by molar-refractivity contribution is 0.151. The van der Waals surface area contributed by atoms with Gasteiger partial charge in [0.15, 0.2) is 0 Å². The zero-order valence-corrected chi connectivity index (χ0v) is 10.2. The van der Waals surface area contributed by atoms with Crippen molar-refractivity contribution < 1.29 is 4.74 Å². The van der Waals surface area contributed by atoms with Crippen LogP contribution >= 0.6 is 0 Å². The van der Waals surface area contributed by atoms with Crippen molar-refractivity contribution in [2.75, 3.05) is 13.7 Å². The van der Waals surface area contributed by atoms with Crippen LogP contribution in [0.5, 0.6) is 0 Å². The van der Waals surface area contributed by atoms with Crippen LogP contribution < -0.4 is 5.32 Å². The van der Waals surface area contributed by atoms with E-state index in [0.717, 1.165) is 24.5 Å². The molecule has 88 valence electrons. The van der Waals surface area contributed by atoms with E-state index in [0.29, 0.717) is 6.04 Å². The second-order valence-electron chi connectivity index (χ2n) is 5.31. The second kappa shape index (κ2) is 5.31. The fourth-order valence-electron chi connectivity index (χ4n) is 2.60. The Morgan fingerprint density at radius 1 is 1.20 bits per heavy atom. The van der Waals surface area contributed by atoms with Crippen LogP contribution in [0.4, 0.5) is 0 Å². The van der Waals surface area contributed by atoms with E-state index >= 15 is 0 Å². The van der Waals surface area contributed by atoms with Crippen LogP contribution in [0.25, 0.3) is 0 Å². The molecule has 0 saturated heterocycles. The predicted octanol–water partition coefficient (Wildman–Crippen LogP) is 2.58. The molecule has 0 amide bonds. The molecule has 0 spiro atoms. The van der Waals surface area contributed by atoms with Gasteiger partial charge in [0.2, 0.25) is 0 Å². The summed E-state index contributed by atoms with van der Waals surface area (Å²) >= 11 is 0. The van der Waals surface area contributed by atoms with Gasteiger partial charge in [-0.2, -0.15) is 0 Å². The summed E-state index contributed by atoms with van der Waals surface area (Å²) in [6.07, 6.45) is 8.34. The first kappa shape index (κ1) is 11.4. The van der Waals surface area contributed by atoms with Gasteiger partial charge in [-0.15, -0.1) is 0 Å². The SMILES string of the molecule is CCCC(COC)NC(C1CC1)C1CC1. The Hall–Kier alpha value is -0.0800. The quantitative estimate of drug-likeness (QED) is 0.666. The van der Waals surface area contributed by atoms with Crippen molar-refractivity contribution in [2.24, 2.45) is 11.8 Å². The Kier molecular flexibility index (Phi) is 4.04. The first-order chi connectivity index (χ1) is 7.35. The van der Waals surface area contributed by atoms with E-state index in [4.69, 9.17) is 4.74 Å². The van der Waals surface area contributed by atoms with Gasteiger partial charge in [-0.05, 0) is 43.9 Å². The molecule has 0 aromatic carbocycles. The fourth-order valence-corrected chi connectivity index (χ4v) is 2.60. The van der Waals surface area contributed by atoms with Crippen LogP contribution in [0.3, 0.4) is 0 Å². The molecule has 0 aromatic rings. The number of methoxy groups -OCH3 is 1. The molecule has 0 aliphatic heterocycles. The zero-order chi connectivity index (χ0) is 10.7. The summed E-state index contributed by atoms with van der Waals surface area (Å²) in [4.78, 5) is 0. The van der Waals surface area contributed by atoms with Crippen molar-refractivity contribution in [3.63, 3.8) is 0 Å². The molecular weight excluding hydrogens is 186 g/mol. The molecule has 2 saturated carbocycles. The lowest BCUT2D eigenvalue weighted by atomic mass is 10.0. The Balaban J connectivity index is 1.78. The van der Waals surface area contributed by atoms with E-state index in [2.05, 4.69) is 12.2 Å². The van der Waals surface area contributed by atoms with E-state index in [9.17, 15) is 0 Å². The summed E-state index contributed by atoms with van der Waals surface area (Å²) in [5.41, 5.74) is 0. The van der Waals surface area contributed by atoms with E-state index in [1.54, 1.807) is 0 Å². The van der Waals surface area contributed by atoms with Gasteiger partial charge in [-0.1, -0.05) is 13.3 Å². The van der Waals surface area contributed by atoms with Gasteiger partial charge in [0.05, 0.1) is 6.61 Å². The van der Waals surface area contributed by atoms with Gasteiger partial charge < -0.3 is 10.1 Å². The van der Waals surface area contributed by atoms with Crippen molar-refractivity contribution in [3.8, 4) is 0 Å². The molecule has 2 rings (SSSR count). The third-order valence-corrected chi connectivity index (χ3v) is 3.69. The minimum atomic E-state index is 0.589. The molecule has 0 radical (unpaired) electrons. The third kappa shape index (κ3) is 3.46. The molecule has 2 heteroatoms. The van der Waals surface area contributed by atoms with E-state index in [1.807, 2.05) is 7.11 Å². The standard InChI is InChI=1S/C13H25NO/c1-3-4-12(9-15-2)14-13(10-5-6-10)11-7-8-11/h10-14H,3-9H2,1-2H3. The van der Waals surface area contributed by atoms with Crippen LogP contribution in [0.15, 0.2) is 0 Å². The van der Waals surface area contributed by atoms with E-state index in [1.165, 1.54) is 38.5 Å². The van der Waals surface area contributed by atoms with Crippen molar-refractivity contribution in [1.29, 1.82) is 0 Å². The van der Waals surface area contributed by atoms with Crippen LogP contribution in [-0.4, -0.2) is 25.8 Å². The van der Waals surface area contributed by atoms with Crippen LogP contribution in [0.2, 0.25) is 0 Å². The maximum Gasteiger partial charge on any atom is 0.0615 e. The summed E-state index contributed by atoms with van der Waals surface area (Å²) in [7, 11) is 1.81. The van der Waals surface area contributed by atoms with Gasteiger partial charge in [-0.3, -0.25) is 0 Å². The fraction of sp³-hybridized carbons (Fsp3) is 1.00. The van der Waals surface area contributed by atoms with Gasteiger partial charge in [0, 0.05) is 19.2 Å². The second-order valence-corrected chi connectivity index (χ2v) is 5.31. The molecule has 1 N–H and O–H groups in total. The molecule has 1 atom stereocenters. The highest BCUT2D eigenvalue weighted by Crippen LogP contribution is 2.44. The molecule has 0 bridgehead atoms. The first-order valence-corrected chi connectivity index (χ1v) is 6.60. The molecule has 2 aliphatic rings. The smallest absolute Gasteiger partial charge is 0.0615 e. The maximum atomic E-state index is 5.30. The lowest BCUT2D eigenvalue weighted by Gasteiger charge is -2.25. The lowest BCUT2D eigenvalue weighted by Crippen LogP contribution is -2.43. The number of rotatable bonds is 8. The largest absolute Gasteiger partial charge is 0.383 e. The molecule has 0 heterocycles. The molecule has 0 aromatic heterocycles. The Morgan fingerprint density at radius 2 is 1.80 bits per heavy atom. The Morgan fingerprint density at radius 3 is 2.20 bits per heavy atom. The van der Waals surface area contributed by atoms with Gasteiger partial charge in [0.1, 0.15) is 0 Å². The zero-order valence-electron chi connectivity index (χ0n) is 10.2. The van der Waals surface area contributed by atoms with Gasteiger partial charge in [0.25, 0.3) is 0 Å². The number of nitrogens with one attached hydrogen (secondary N) is 1. The van der Waals surface area contributed by atoms with E-state index < -0.39 is 0 Å². The summed E-state index contributed by atoms with van der Waals surface area (Å²) in [5.74, 6) is 1.99. The number of ether oxygens (including phenoxy) is 1. The average molecular weight is 211 g/mol. The topological polar surface area (TPSA) is 21.3 Å². The highest BCUT2D eigenvalue weighted by atomic mass is 16.5. The maximum absolute atomic E-state index is 5.30. The minimum absolute atomic E-state index is 0.589. The monoisotopic (exact) mass is 211 g/mol. The third-order valence-electron chi connectivity index (χ3n) is 3.69. The Bertz CT molecular complexity index is 169. The highest BCUT2D eigenvalue weighted by Gasteiger charge is 2.41. The highest BCUT2D eigenvalue weighted by molar-refractivity contribution is 4.97. The van der Waals surface area contributed by atoms with Gasteiger partial charge >= 0.3 is 0 Å². The summed E-state index contributed by atoms with van der Waals surface area (Å²) in [6.45, 7) is 3.14. The number of hydrogen-bond acceptors (Lipinski definition) is 2. The normalized spacial score (nSPS) is 23.4. The molecule has 2 fully saturated rings. The van der Waals surface area contributed by atoms with Crippen molar-refractivity contribution in [3.05, 3.63) is 0 Å². The van der Waals surface area contributed by atoms with Crippen LogP contribution in [0.1, 0.15) is 45.4 Å². The van der Waals surface area contributed by atoms with Gasteiger partial charge in [-0.25, -0.2) is 0 Å². The Labute approximate surface area is 93.8 Å². The van der Waals surface area contributed by atoms with Crippen molar-refractivity contribution in [1.82, 2.24) is 5.32 Å². The molecule has 1 unspecified atom stereocenters. The average Bonchev–Trinajstić information content (AvgIpc) is 3.06.